The van der Waals surface area contributed by atoms with Crippen molar-refractivity contribution in [2.75, 3.05) is 39.6 Å². The smallest absolute Gasteiger partial charge is 0.462 e. The minimum absolute atomic E-state index is 0.105. The lowest BCUT2D eigenvalue weighted by Gasteiger charge is -2.21. The monoisotopic (exact) mass is 1400 g/mol. The molecule has 4 unspecified atom stereocenters. The molecule has 564 valence electrons. The third-order valence-electron chi connectivity index (χ3n) is 17.9. The first-order valence-electron chi connectivity index (χ1n) is 39.2. The molecule has 0 aromatic rings. The number of aliphatic hydroxyl groups excluding tert-OH is 1. The number of rotatable bonds is 73. The number of hydrogen-bond donors (Lipinski definition) is 3. The fourth-order valence-electron chi connectivity index (χ4n) is 11.5. The standard InChI is InChI=1S/C76H148O17P2/c1-9-69(8)55-47-39-31-23-18-20-26-34-43-51-59-76(81)93-72(63-87-74(79)57-49-41-35-27-30-38-46-54-68(6)7)65-91-95(84,85)89-61-70(77)60-88-94(82,83)90-64-71(62-86-73(78)56-48-40-32-24-19-17-22-29-37-45-53-67(4)5)92-75(80)58-50-42-33-25-16-14-12-10-11-13-15-21-28-36-44-52-66(2)3/h66-72,77H,9-65H2,1-8H3,(H,82,83)(H,84,85)/t69?,70?,71-,72-/m1/s1. The van der Waals surface area contributed by atoms with Gasteiger partial charge in [0.2, 0.25) is 0 Å². The predicted octanol–water partition coefficient (Wildman–Crippen LogP) is 22.0. The van der Waals surface area contributed by atoms with E-state index in [4.69, 9.17) is 37.0 Å². The van der Waals surface area contributed by atoms with Crippen molar-refractivity contribution in [3.05, 3.63) is 0 Å². The molecule has 6 atom stereocenters. The number of aliphatic hydroxyl groups is 1. The lowest BCUT2D eigenvalue weighted by Crippen LogP contribution is -2.30. The van der Waals surface area contributed by atoms with E-state index in [1.807, 2.05) is 0 Å². The van der Waals surface area contributed by atoms with E-state index in [2.05, 4.69) is 55.4 Å². The van der Waals surface area contributed by atoms with Crippen molar-refractivity contribution in [3.8, 4) is 0 Å². The highest BCUT2D eigenvalue weighted by atomic mass is 31.2. The fraction of sp³-hybridized carbons (Fsp3) is 0.947. The molecular formula is C76H148O17P2. The summed E-state index contributed by atoms with van der Waals surface area (Å²) in [5.74, 6) is 0.948. The summed E-state index contributed by atoms with van der Waals surface area (Å²) in [6.07, 6.45) is 49.9. The predicted molar refractivity (Wildman–Crippen MR) is 386 cm³/mol. The number of carbonyl (C=O) groups excluding carboxylic acids is 4. The Labute approximate surface area is 581 Å². The summed E-state index contributed by atoms with van der Waals surface area (Å²) in [7, 11) is -9.91. The van der Waals surface area contributed by atoms with Gasteiger partial charge in [-0.25, -0.2) is 9.13 Å². The number of unbranched alkanes of at least 4 members (excludes halogenated alkanes) is 38. The van der Waals surface area contributed by atoms with E-state index in [9.17, 15) is 43.2 Å². The van der Waals surface area contributed by atoms with Gasteiger partial charge >= 0.3 is 39.5 Å². The first-order chi connectivity index (χ1) is 45.6. The Balaban J connectivity index is 5.25. The summed E-state index contributed by atoms with van der Waals surface area (Å²) in [4.78, 5) is 72.8. The lowest BCUT2D eigenvalue weighted by atomic mass is 9.99. The van der Waals surface area contributed by atoms with Crippen molar-refractivity contribution >= 4 is 39.5 Å². The molecule has 0 bridgehead atoms. The second kappa shape index (κ2) is 65.4. The zero-order chi connectivity index (χ0) is 70.3. The Morgan fingerprint density at radius 2 is 0.505 bits per heavy atom. The third kappa shape index (κ3) is 69.0. The summed E-state index contributed by atoms with van der Waals surface area (Å²) >= 11 is 0. The molecule has 0 radical (unpaired) electrons. The molecule has 0 aliphatic rings. The Morgan fingerprint density at radius 1 is 0.295 bits per heavy atom. The minimum Gasteiger partial charge on any atom is -0.462 e. The van der Waals surface area contributed by atoms with Crippen molar-refractivity contribution in [2.45, 2.75) is 401 Å². The van der Waals surface area contributed by atoms with Gasteiger partial charge < -0.3 is 33.8 Å². The van der Waals surface area contributed by atoms with E-state index in [1.165, 1.54) is 180 Å². The van der Waals surface area contributed by atoms with Crippen molar-refractivity contribution in [1.29, 1.82) is 0 Å². The van der Waals surface area contributed by atoms with E-state index >= 15 is 0 Å². The van der Waals surface area contributed by atoms with E-state index in [1.54, 1.807) is 0 Å². The molecular weight excluding hydrogens is 1250 g/mol. The van der Waals surface area contributed by atoms with Crippen LogP contribution in [0.5, 0.6) is 0 Å². The molecule has 0 saturated carbocycles. The van der Waals surface area contributed by atoms with Crippen LogP contribution >= 0.6 is 15.6 Å². The van der Waals surface area contributed by atoms with Gasteiger partial charge in [0, 0.05) is 25.7 Å². The van der Waals surface area contributed by atoms with Crippen LogP contribution in [0, 0.1) is 23.7 Å². The minimum atomic E-state index is -4.96. The van der Waals surface area contributed by atoms with Gasteiger partial charge in [-0.15, -0.1) is 0 Å². The summed E-state index contributed by atoms with van der Waals surface area (Å²) in [5, 5.41) is 10.6. The van der Waals surface area contributed by atoms with Gasteiger partial charge in [-0.1, -0.05) is 331 Å². The van der Waals surface area contributed by atoms with Crippen LogP contribution in [0.1, 0.15) is 383 Å². The first-order valence-corrected chi connectivity index (χ1v) is 42.2. The summed E-state index contributed by atoms with van der Waals surface area (Å²) < 4.78 is 68.5. The molecule has 95 heavy (non-hydrogen) atoms. The van der Waals surface area contributed by atoms with Crippen LogP contribution in [0.15, 0.2) is 0 Å². The molecule has 0 aromatic heterocycles. The summed E-state index contributed by atoms with van der Waals surface area (Å²) in [6.45, 7) is 14.2. The Hall–Kier alpha value is -1.94. The highest BCUT2D eigenvalue weighted by Crippen LogP contribution is 2.45. The quantitative estimate of drug-likeness (QED) is 0.0222. The van der Waals surface area contributed by atoms with Gasteiger partial charge in [0.05, 0.1) is 26.4 Å². The molecule has 0 aliphatic carbocycles. The number of hydrogen-bond acceptors (Lipinski definition) is 15. The number of carbonyl (C=O) groups is 4. The highest BCUT2D eigenvalue weighted by Gasteiger charge is 2.30. The molecule has 0 amide bonds. The fourth-order valence-corrected chi connectivity index (χ4v) is 13.1. The summed E-state index contributed by atoms with van der Waals surface area (Å²) in [5.41, 5.74) is 0. The van der Waals surface area contributed by atoms with E-state index in [0.29, 0.717) is 31.6 Å². The van der Waals surface area contributed by atoms with E-state index in [-0.39, 0.29) is 25.7 Å². The maximum atomic E-state index is 13.1. The first kappa shape index (κ1) is 93.1. The number of phosphoric acid groups is 2. The van der Waals surface area contributed by atoms with E-state index < -0.39 is 97.5 Å². The van der Waals surface area contributed by atoms with Crippen LogP contribution in [0.3, 0.4) is 0 Å². The highest BCUT2D eigenvalue weighted by molar-refractivity contribution is 7.47. The third-order valence-corrected chi connectivity index (χ3v) is 19.8. The normalized spacial score (nSPS) is 14.4. The van der Waals surface area contributed by atoms with Crippen molar-refractivity contribution in [1.82, 2.24) is 0 Å². The molecule has 0 spiro atoms. The van der Waals surface area contributed by atoms with Crippen molar-refractivity contribution < 1.29 is 80.2 Å². The van der Waals surface area contributed by atoms with Crippen molar-refractivity contribution in [3.63, 3.8) is 0 Å². The van der Waals surface area contributed by atoms with Crippen LogP contribution in [-0.2, 0) is 65.4 Å². The molecule has 3 N–H and O–H groups in total. The maximum absolute atomic E-state index is 13.1. The van der Waals surface area contributed by atoms with Crippen LogP contribution in [0.25, 0.3) is 0 Å². The average Bonchev–Trinajstić information content (AvgIpc) is 1.74. The topological polar surface area (TPSA) is 237 Å². The van der Waals surface area contributed by atoms with Gasteiger partial charge in [-0.3, -0.25) is 37.3 Å². The molecule has 0 fully saturated rings. The summed E-state index contributed by atoms with van der Waals surface area (Å²) in [6, 6.07) is 0. The van der Waals surface area contributed by atoms with Crippen LogP contribution < -0.4 is 0 Å². The lowest BCUT2D eigenvalue weighted by molar-refractivity contribution is -0.161. The van der Waals surface area contributed by atoms with Crippen LogP contribution in [0.4, 0.5) is 0 Å². The molecule has 19 heteroatoms. The van der Waals surface area contributed by atoms with Gasteiger partial charge in [0.1, 0.15) is 19.3 Å². The van der Waals surface area contributed by atoms with Gasteiger partial charge in [-0.05, 0) is 49.4 Å². The Kier molecular flexibility index (Phi) is 64.0. The van der Waals surface area contributed by atoms with Crippen LogP contribution in [0.2, 0.25) is 0 Å². The van der Waals surface area contributed by atoms with E-state index in [0.717, 1.165) is 114 Å². The maximum Gasteiger partial charge on any atom is 0.472 e. The molecule has 0 aromatic carbocycles. The SMILES string of the molecule is CCC(C)CCCCCCCCCCCCC(=O)O[C@H](COC(=O)CCCCCCCCCC(C)C)COP(=O)(O)OCC(O)COP(=O)(O)OC[C@@H](COC(=O)CCCCCCCCCCCCC(C)C)OC(=O)CCCCCCCCCCCCCCCCCC(C)C. The Morgan fingerprint density at radius 3 is 0.747 bits per heavy atom. The van der Waals surface area contributed by atoms with Crippen LogP contribution in [-0.4, -0.2) is 96.7 Å². The average molecular weight is 1400 g/mol. The second-order valence-electron chi connectivity index (χ2n) is 29.1. The molecule has 0 saturated heterocycles. The Bertz CT molecular complexity index is 1870. The second-order valence-corrected chi connectivity index (χ2v) is 32.0. The zero-order valence-electron chi connectivity index (χ0n) is 62.3. The number of ether oxygens (including phenoxy) is 4. The molecule has 0 rings (SSSR count). The molecule has 0 aliphatic heterocycles. The largest absolute Gasteiger partial charge is 0.472 e. The van der Waals surface area contributed by atoms with Gasteiger partial charge in [0.25, 0.3) is 0 Å². The number of phosphoric ester groups is 2. The van der Waals surface area contributed by atoms with Gasteiger partial charge in [0.15, 0.2) is 12.2 Å². The molecule has 0 heterocycles. The van der Waals surface area contributed by atoms with Gasteiger partial charge in [-0.2, -0.15) is 0 Å². The van der Waals surface area contributed by atoms with Crippen molar-refractivity contribution in [2.24, 2.45) is 23.7 Å². The molecule has 17 nitrogen and oxygen atoms in total. The number of esters is 4. The zero-order valence-corrected chi connectivity index (χ0v) is 64.1.